The van der Waals surface area contributed by atoms with E-state index in [1.165, 1.54) is 13.4 Å². The van der Waals surface area contributed by atoms with E-state index in [1.54, 1.807) is 0 Å². The van der Waals surface area contributed by atoms with Gasteiger partial charge in [0.25, 0.3) is 0 Å². The van der Waals surface area contributed by atoms with E-state index in [0.29, 0.717) is 49.1 Å². The molecule has 0 atom stereocenters. The van der Waals surface area contributed by atoms with Crippen LogP contribution in [0.2, 0.25) is 0 Å². The predicted octanol–water partition coefficient (Wildman–Crippen LogP) is 2.55. The molecular weight excluding hydrogens is 320 g/mol. The number of benzene rings is 1. The van der Waals surface area contributed by atoms with Crippen LogP contribution in [-0.4, -0.2) is 36.1 Å². The first kappa shape index (κ1) is 17.0. The highest BCUT2D eigenvalue weighted by Crippen LogP contribution is 2.33. The average molecular weight is 342 g/mol. The topological polar surface area (TPSA) is 90.6 Å². The number of nitrogens with zero attached hydrogens (tertiary/aromatic N) is 3. The van der Waals surface area contributed by atoms with Gasteiger partial charge in [-0.25, -0.2) is 4.98 Å². The fourth-order valence-electron chi connectivity index (χ4n) is 2.92. The fourth-order valence-corrected chi connectivity index (χ4v) is 2.92. The number of aryl methyl sites for hydroxylation is 1. The van der Waals surface area contributed by atoms with Crippen LogP contribution in [0, 0.1) is 12.8 Å². The van der Waals surface area contributed by atoms with Crippen molar-refractivity contribution in [1.82, 2.24) is 9.97 Å². The molecule has 2 heterocycles. The van der Waals surface area contributed by atoms with Gasteiger partial charge in [0.05, 0.1) is 13.0 Å². The van der Waals surface area contributed by atoms with Crippen LogP contribution in [-0.2, 0) is 9.53 Å². The predicted molar refractivity (Wildman–Crippen MR) is 94.7 cm³/mol. The average Bonchev–Trinajstić information content (AvgIpc) is 2.65. The lowest BCUT2D eigenvalue weighted by atomic mass is 9.97. The van der Waals surface area contributed by atoms with Crippen LogP contribution in [0.15, 0.2) is 30.6 Å². The number of anilines is 2. The summed E-state index contributed by atoms with van der Waals surface area (Å²) in [6, 6.07) is 7.67. The lowest BCUT2D eigenvalue weighted by Gasteiger charge is -2.32. The molecule has 0 radical (unpaired) electrons. The van der Waals surface area contributed by atoms with E-state index in [2.05, 4.69) is 14.9 Å². The van der Waals surface area contributed by atoms with Crippen molar-refractivity contribution in [3.8, 4) is 11.6 Å². The minimum absolute atomic E-state index is 0.0624. The first-order valence-electron chi connectivity index (χ1n) is 8.26. The Morgan fingerprint density at radius 1 is 1.20 bits per heavy atom. The van der Waals surface area contributed by atoms with Crippen molar-refractivity contribution >= 4 is 17.5 Å². The Morgan fingerprint density at radius 3 is 2.52 bits per heavy atom. The van der Waals surface area contributed by atoms with Crippen molar-refractivity contribution in [3.63, 3.8) is 0 Å². The van der Waals surface area contributed by atoms with Gasteiger partial charge in [0, 0.05) is 13.1 Å². The molecule has 7 heteroatoms. The number of esters is 1. The summed E-state index contributed by atoms with van der Waals surface area (Å²) in [7, 11) is 1.42. The molecule has 132 valence electrons. The molecule has 1 fully saturated rings. The van der Waals surface area contributed by atoms with Crippen LogP contribution in [0.5, 0.6) is 11.6 Å². The van der Waals surface area contributed by atoms with Gasteiger partial charge in [-0.1, -0.05) is 17.7 Å². The number of nitrogens with two attached hydrogens (primary N) is 1. The molecule has 1 aliphatic heterocycles. The Hall–Kier alpha value is -2.83. The van der Waals surface area contributed by atoms with Crippen molar-refractivity contribution < 1.29 is 14.3 Å². The van der Waals surface area contributed by atoms with Crippen molar-refractivity contribution in [2.75, 3.05) is 30.8 Å². The SMILES string of the molecule is COC(=O)C1CCN(c2ncnc(Oc3ccc(C)cc3)c2N)CC1. The normalized spacial score (nSPS) is 15.0. The third-order valence-electron chi connectivity index (χ3n) is 4.39. The quantitative estimate of drug-likeness (QED) is 0.854. The number of hydrogen-bond donors (Lipinski definition) is 1. The molecule has 3 rings (SSSR count). The molecular formula is C18H22N4O3. The van der Waals surface area contributed by atoms with Gasteiger partial charge >= 0.3 is 5.97 Å². The Kier molecular flexibility index (Phi) is 5.02. The Balaban J connectivity index is 1.73. The number of piperidine rings is 1. The second kappa shape index (κ2) is 7.38. The molecule has 0 amide bonds. The monoisotopic (exact) mass is 342 g/mol. The molecule has 1 aromatic carbocycles. The van der Waals surface area contributed by atoms with Gasteiger partial charge in [-0.3, -0.25) is 4.79 Å². The number of rotatable bonds is 4. The van der Waals surface area contributed by atoms with Crippen LogP contribution in [0.4, 0.5) is 11.5 Å². The van der Waals surface area contributed by atoms with Gasteiger partial charge in [-0.05, 0) is 31.9 Å². The molecule has 25 heavy (non-hydrogen) atoms. The van der Waals surface area contributed by atoms with Crippen molar-refractivity contribution in [1.29, 1.82) is 0 Å². The maximum atomic E-state index is 11.6. The highest BCUT2D eigenvalue weighted by atomic mass is 16.5. The minimum atomic E-state index is -0.154. The van der Waals surface area contributed by atoms with Gasteiger partial charge in [0.2, 0.25) is 5.88 Å². The van der Waals surface area contributed by atoms with E-state index < -0.39 is 0 Å². The van der Waals surface area contributed by atoms with Gasteiger partial charge < -0.3 is 20.1 Å². The smallest absolute Gasteiger partial charge is 0.308 e. The van der Waals surface area contributed by atoms with E-state index in [1.807, 2.05) is 31.2 Å². The van der Waals surface area contributed by atoms with Crippen molar-refractivity contribution in [3.05, 3.63) is 36.2 Å². The zero-order valence-corrected chi connectivity index (χ0v) is 14.4. The summed E-state index contributed by atoms with van der Waals surface area (Å²) in [5, 5.41) is 0. The number of carbonyl (C=O) groups excluding carboxylic acids is 1. The molecule has 1 saturated heterocycles. The summed E-state index contributed by atoms with van der Waals surface area (Å²) in [5.74, 6) is 1.43. The molecule has 1 aliphatic rings. The molecule has 0 unspecified atom stereocenters. The summed E-state index contributed by atoms with van der Waals surface area (Å²) < 4.78 is 10.6. The Bertz CT molecular complexity index is 740. The van der Waals surface area contributed by atoms with Crippen LogP contribution in [0.3, 0.4) is 0 Å². The maximum absolute atomic E-state index is 11.6. The van der Waals surface area contributed by atoms with Gasteiger partial charge in [0.1, 0.15) is 17.8 Å². The number of ether oxygens (including phenoxy) is 2. The molecule has 7 nitrogen and oxygen atoms in total. The maximum Gasteiger partial charge on any atom is 0.308 e. The minimum Gasteiger partial charge on any atom is -0.469 e. The van der Waals surface area contributed by atoms with Crippen LogP contribution in [0.1, 0.15) is 18.4 Å². The standard InChI is InChI=1S/C18H22N4O3/c1-12-3-5-14(6-4-12)25-17-15(19)16(20-11-21-17)22-9-7-13(8-10-22)18(23)24-2/h3-6,11,13H,7-10,19H2,1-2H3. The van der Waals surface area contributed by atoms with Crippen molar-refractivity contribution in [2.45, 2.75) is 19.8 Å². The Morgan fingerprint density at radius 2 is 1.88 bits per heavy atom. The summed E-state index contributed by atoms with van der Waals surface area (Å²) >= 11 is 0. The molecule has 2 aromatic rings. The van der Waals surface area contributed by atoms with Crippen LogP contribution in [0.25, 0.3) is 0 Å². The number of methoxy groups -OCH3 is 1. The second-order valence-corrected chi connectivity index (χ2v) is 6.12. The number of nitrogen functional groups attached to an aromatic ring is 1. The van der Waals surface area contributed by atoms with E-state index >= 15 is 0 Å². The summed E-state index contributed by atoms with van der Waals surface area (Å²) in [5.41, 5.74) is 7.78. The summed E-state index contributed by atoms with van der Waals surface area (Å²) in [6.07, 6.45) is 2.87. The van der Waals surface area contributed by atoms with E-state index in [0.717, 1.165) is 5.56 Å². The first-order valence-corrected chi connectivity index (χ1v) is 8.26. The second-order valence-electron chi connectivity index (χ2n) is 6.12. The third kappa shape index (κ3) is 3.81. The lowest BCUT2D eigenvalue weighted by Crippen LogP contribution is -2.37. The van der Waals surface area contributed by atoms with Crippen LogP contribution < -0.4 is 15.4 Å². The lowest BCUT2D eigenvalue weighted by molar-refractivity contribution is -0.146. The third-order valence-corrected chi connectivity index (χ3v) is 4.39. The molecule has 0 saturated carbocycles. The molecule has 1 aromatic heterocycles. The zero-order chi connectivity index (χ0) is 17.8. The van der Waals surface area contributed by atoms with E-state index in [-0.39, 0.29) is 11.9 Å². The van der Waals surface area contributed by atoms with Gasteiger partial charge in [0.15, 0.2) is 5.82 Å². The van der Waals surface area contributed by atoms with Crippen LogP contribution >= 0.6 is 0 Å². The molecule has 0 spiro atoms. The van der Waals surface area contributed by atoms with E-state index in [4.69, 9.17) is 15.2 Å². The summed E-state index contributed by atoms with van der Waals surface area (Å²) in [6.45, 7) is 3.38. The molecule has 2 N–H and O–H groups in total. The van der Waals surface area contributed by atoms with Gasteiger partial charge in [-0.15, -0.1) is 0 Å². The van der Waals surface area contributed by atoms with Crippen molar-refractivity contribution in [2.24, 2.45) is 5.92 Å². The highest BCUT2D eigenvalue weighted by molar-refractivity contribution is 5.73. The molecule has 0 aliphatic carbocycles. The van der Waals surface area contributed by atoms with Gasteiger partial charge in [-0.2, -0.15) is 4.98 Å². The fraction of sp³-hybridized carbons (Fsp3) is 0.389. The zero-order valence-electron chi connectivity index (χ0n) is 14.4. The summed E-state index contributed by atoms with van der Waals surface area (Å²) in [4.78, 5) is 22.2. The highest BCUT2D eigenvalue weighted by Gasteiger charge is 2.27. The molecule has 0 bridgehead atoms. The largest absolute Gasteiger partial charge is 0.469 e. The number of carbonyl (C=O) groups is 1. The first-order chi connectivity index (χ1) is 12.1. The number of aromatic nitrogens is 2. The number of hydrogen-bond acceptors (Lipinski definition) is 7. The van der Waals surface area contributed by atoms with E-state index in [9.17, 15) is 4.79 Å². The Labute approximate surface area is 146 Å².